The van der Waals surface area contributed by atoms with Gasteiger partial charge in [0.05, 0.1) is 6.42 Å². The van der Waals surface area contributed by atoms with Crippen LogP contribution >= 0.6 is 0 Å². The Morgan fingerprint density at radius 2 is 2.23 bits per heavy atom. The highest BCUT2D eigenvalue weighted by Crippen LogP contribution is 2.14. The van der Waals surface area contributed by atoms with Crippen molar-refractivity contribution in [1.29, 1.82) is 0 Å². The van der Waals surface area contributed by atoms with E-state index in [-0.39, 0.29) is 11.8 Å². The Labute approximate surface area is 129 Å². The summed E-state index contributed by atoms with van der Waals surface area (Å²) in [4.78, 5) is 28.4. The molecular formula is C17H21N3O2. The summed E-state index contributed by atoms with van der Waals surface area (Å²) in [5.41, 5.74) is 2.10. The maximum Gasteiger partial charge on any atom is 0.224 e. The Hall–Kier alpha value is -2.30. The van der Waals surface area contributed by atoms with Crippen LogP contribution in [0.15, 0.2) is 30.5 Å². The number of nitrogens with one attached hydrogen (secondary N) is 2. The number of rotatable bonds is 6. The number of hydrogen-bond acceptors (Lipinski definition) is 2. The summed E-state index contributed by atoms with van der Waals surface area (Å²) in [6.07, 6.45) is 4.74. The zero-order valence-electron chi connectivity index (χ0n) is 12.6. The summed E-state index contributed by atoms with van der Waals surface area (Å²) in [7, 11) is 0. The zero-order valence-corrected chi connectivity index (χ0v) is 12.6. The maximum atomic E-state index is 11.9. The van der Waals surface area contributed by atoms with Crippen LogP contribution in [0.1, 0.15) is 24.8 Å². The first kappa shape index (κ1) is 14.6. The molecule has 0 bridgehead atoms. The quantitative estimate of drug-likeness (QED) is 0.799. The monoisotopic (exact) mass is 299 g/mol. The van der Waals surface area contributed by atoms with Gasteiger partial charge >= 0.3 is 0 Å². The molecule has 2 aromatic rings. The van der Waals surface area contributed by atoms with Crippen LogP contribution in [0.4, 0.5) is 0 Å². The summed E-state index contributed by atoms with van der Waals surface area (Å²) >= 11 is 0. The predicted octanol–water partition coefficient (Wildman–Crippen LogP) is 1.84. The maximum absolute atomic E-state index is 11.9. The van der Waals surface area contributed by atoms with E-state index in [0.29, 0.717) is 19.4 Å². The highest BCUT2D eigenvalue weighted by Gasteiger charge is 2.18. The van der Waals surface area contributed by atoms with E-state index in [2.05, 4.69) is 10.3 Å². The number of aromatic nitrogens is 1. The van der Waals surface area contributed by atoms with Gasteiger partial charge in [0.2, 0.25) is 11.8 Å². The van der Waals surface area contributed by atoms with Gasteiger partial charge in [-0.3, -0.25) is 9.59 Å². The molecule has 5 heteroatoms. The van der Waals surface area contributed by atoms with Crippen LogP contribution in [0.2, 0.25) is 0 Å². The SMILES string of the molecule is O=C(Cc1ccc2[nH]ccc2c1)NCCCN1CCCC1=O. The summed E-state index contributed by atoms with van der Waals surface area (Å²) in [5.74, 6) is 0.272. The fourth-order valence-electron chi connectivity index (χ4n) is 2.90. The number of fused-ring (bicyclic) bond motifs is 1. The van der Waals surface area contributed by atoms with E-state index in [1.165, 1.54) is 0 Å². The third-order valence-electron chi connectivity index (χ3n) is 4.08. The minimum Gasteiger partial charge on any atom is -0.361 e. The van der Waals surface area contributed by atoms with E-state index < -0.39 is 0 Å². The van der Waals surface area contributed by atoms with Crippen molar-refractivity contribution >= 4 is 22.7 Å². The molecule has 3 rings (SSSR count). The lowest BCUT2D eigenvalue weighted by Crippen LogP contribution is -2.31. The second kappa shape index (κ2) is 6.64. The number of likely N-dealkylation sites (tertiary alicyclic amines) is 1. The average molecular weight is 299 g/mol. The fraction of sp³-hybridized carbons (Fsp3) is 0.412. The normalized spacial score (nSPS) is 14.7. The third kappa shape index (κ3) is 3.47. The highest BCUT2D eigenvalue weighted by atomic mass is 16.2. The molecule has 0 spiro atoms. The molecule has 1 aromatic carbocycles. The number of aromatic amines is 1. The molecule has 1 fully saturated rings. The number of nitrogens with zero attached hydrogens (tertiary/aromatic N) is 1. The van der Waals surface area contributed by atoms with E-state index >= 15 is 0 Å². The Morgan fingerprint density at radius 3 is 3.05 bits per heavy atom. The van der Waals surface area contributed by atoms with Crippen molar-refractivity contribution in [2.45, 2.75) is 25.7 Å². The van der Waals surface area contributed by atoms with E-state index in [1.54, 1.807) is 0 Å². The molecule has 0 saturated carbocycles. The van der Waals surface area contributed by atoms with Crippen LogP contribution in [0.3, 0.4) is 0 Å². The molecule has 2 amide bonds. The average Bonchev–Trinajstić information content (AvgIpc) is 3.12. The van der Waals surface area contributed by atoms with Gasteiger partial charge in [-0.05, 0) is 42.0 Å². The molecule has 1 saturated heterocycles. The summed E-state index contributed by atoms with van der Waals surface area (Å²) in [6, 6.07) is 8.01. The first-order valence-corrected chi connectivity index (χ1v) is 7.83. The molecule has 0 atom stereocenters. The Bertz CT molecular complexity index is 677. The van der Waals surface area contributed by atoms with Crippen LogP contribution in [-0.2, 0) is 16.0 Å². The fourth-order valence-corrected chi connectivity index (χ4v) is 2.90. The smallest absolute Gasteiger partial charge is 0.224 e. The van der Waals surface area contributed by atoms with Crippen molar-refractivity contribution in [2.24, 2.45) is 0 Å². The zero-order chi connectivity index (χ0) is 15.4. The van der Waals surface area contributed by atoms with Crippen molar-refractivity contribution in [3.63, 3.8) is 0 Å². The van der Waals surface area contributed by atoms with Crippen molar-refractivity contribution in [3.8, 4) is 0 Å². The van der Waals surface area contributed by atoms with Gasteiger partial charge in [-0.15, -0.1) is 0 Å². The first-order chi connectivity index (χ1) is 10.7. The van der Waals surface area contributed by atoms with Crippen LogP contribution in [0.5, 0.6) is 0 Å². The Morgan fingerprint density at radius 1 is 1.32 bits per heavy atom. The molecule has 1 aliphatic heterocycles. The number of H-pyrrole nitrogens is 1. The van der Waals surface area contributed by atoms with Gasteiger partial charge in [0.15, 0.2) is 0 Å². The third-order valence-corrected chi connectivity index (χ3v) is 4.08. The molecule has 1 aromatic heterocycles. The molecule has 2 heterocycles. The molecule has 1 aliphatic rings. The number of hydrogen-bond donors (Lipinski definition) is 2. The van der Waals surface area contributed by atoms with Crippen LogP contribution in [0.25, 0.3) is 10.9 Å². The predicted molar refractivity (Wildman–Crippen MR) is 85.4 cm³/mol. The second-order valence-corrected chi connectivity index (χ2v) is 5.76. The number of amides is 2. The van der Waals surface area contributed by atoms with Crippen LogP contribution in [-0.4, -0.2) is 41.3 Å². The van der Waals surface area contributed by atoms with E-state index in [4.69, 9.17) is 0 Å². The highest BCUT2D eigenvalue weighted by molar-refractivity contribution is 5.83. The molecule has 116 valence electrons. The van der Waals surface area contributed by atoms with E-state index in [9.17, 15) is 9.59 Å². The lowest BCUT2D eigenvalue weighted by atomic mass is 10.1. The van der Waals surface area contributed by atoms with Gasteiger partial charge in [-0.1, -0.05) is 6.07 Å². The van der Waals surface area contributed by atoms with Crippen LogP contribution in [0, 0.1) is 0 Å². The van der Waals surface area contributed by atoms with Crippen LogP contribution < -0.4 is 5.32 Å². The van der Waals surface area contributed by atoms with Gasteiger partial charge < -0.3 is 15.2 Å². The molecule has 22 heavy (non-hydrogen) atoms. The molecule has 0 radical (unpaired) electrons. The first-order valence-electron chi connectivity index (χ1n) is 7.83. The van der Waals surface area contributed by atoms with E-state index in [1.807, 2.05) is 35.4 Å². The lowest BCUT2D eigenvalue weighted by Gasteiger charge is -2.15. The van der Waals surface area contributed by atoms with Crippen molar-refractivity contribution in [3.05, 3.63) is 36.0 Å². The molecule has 2 N–H and O–H groups in total. The molecule has 5 nitrogen and oxygen atoms in total. The Kier molecular flexibility index (Phi) is 4.42. The largest absolute Gasteiger partial charge is 0.361 e. The summed E-state index contributed by atoms with van der Waals surface area (Å²) < 4.78 is 0. The molecular weight excluding hydrogens is 278 g/mol. The Balaban J connectivity index is 1.41. The minimum atomic E-state index is 0.0302. The van der Waals surface area contributed by atoms with Crippen molar-refractivity contribution in [2.75, 3.05) is 19.6 Å². The molecule has 0 unspecified atom stereocenters. The summed E-state index contributed by atoms with van der Waals surface area (Å²) in [5, 5.41) is 4.05. The van der Waals surface area contributed by atoms with Crippen molar-refractivity contribution in [1.82, 2.24) is 15.2 Å². The standard InChI is InChI=1S/C17H21N3O2/c21-16(19-7-2-10-20-9-1-3-17(20)22)12-13-4-5-15-14(11-13)6-8-18-15/h4-6,8,11,18H,1-3,7,9-10,12H2,(H,19,21). The number of carbonyl (C=O) groups excluding carboxylic acids is 2. The van der Waals surface area contributed by atoms with Gasteiger partial charge in [0.25, 0.3) is 0 Å². The number of benzene rings is 1. The van der Waals surface area contributed by atoms with Crippen molar-refractivity contribution < 1.29 is 9.59 Å². The lowest BCUT2D eigenvalue weighted by molar-refractivity contribution is -0.127. The summed E-state index contributed by atoms with van der Waals surface area (Å²) in [6.45, 7) is 2.23. The van der Waals surface area contributed by atoms with Gasteiger partial charge in [-0.25, -0.2) is 0 Å². The van der Waals surface area contributed by atoms with E-state index in [0.717, 1.165) is 42.4 Å². The second-order valence-electron chi connectivity index (χ2n) is 5.76. The number of carbonyl (C=O) groups is 2. The van der Waals surface area contributed by atoms with Gasteiger partial charge in [-0.2, -0.15) is 0 Å². The molecule has 0 aliphatic carbocycles. The van der Waals surface area contributed by atoms with Gasteiger partial charge in [0, 0.05) is 37.8 Å². The van der Waals surface area contributed by atoms with Gasteiger partial charge in [0.1, 0.15) is 0 Å². The minimum absolute atomic E-state index is 0.0302. The topological polar surface area (TPSA) is 65.2 Å².